The molecular weight excluding hydrogens is 229 g/mol. The lowest BCUT2D eigenvalue weighted by molar-refractivity contribution is -0.137. The summed E-state index contributed by atoms with van der Waals surface area (Å²) in [7, 11) is 0. The van der Waals surface area contributed by atoms with Crippen molar-refractivity contribution < 1.29 is 13.2 Å². The van der Waals surface area contributed by atoms with Crippen LogP contribution in [0.4, 0.5) is 13.2 Å². The molecule has 0 aromatic carbocycles. The second kappa shape index (κ2) is 5.49. The van der Waals surface area contributed by atoms with Crippen LogP contribution in [0.2, 0.25) is 0 Å². The molecule has 0 bridgehead atoms. The van der Waals surface area contributed by atoms with E-state index in [1.807, 2.05) is 0 Å². The molecule has 17 heavy (non-hydrogen) atoms. The molecule has 0 spiro atoms. The van der Waals surface area contributed by atoms with Crippen LogP contribution in [0, 0.1) is 5.92 Å². The van der Waals surface area contributed by atoms with Crippen molar-refractivity contribution in [2.24, 2.45) is 11.7 Å². The van der Waals surface area contributed by atoms with Crippen LogP contribution in [0.15, 0.2) is 18.3 Å². The van der Waals surface area contributed by atoms with Crippen LogP contribution in [-0.2, 0) is 6.18 Å². The van der Waals surface area contributed by atoms with Crippen LogP contribution in [0.25, 0.3) is 0 Å². The zero-order valence-electron chi connectivity index (χ0n) is 9.96. The Kier molecular flexibility index (Phi) is 4.51. The van der Waals surface area contributed by atoms with Gasteiger partial charge < -0.3 is 5.73 Å². The van der Waals surface area contributed by atoms with Gasteiger partial charge in [-0.15, -0.1) is 0 Å². The number of halogens is 3. The molecule has 0 amide bonds. The number of nitrogens with zero attached hydrogens (tertiary/aromatic N) is 1. The molecule has 96 valence electrons. The van der Waals surface area contributed by atoms with Crippen LogP contribution in [0.5, 0.6) is 0 Å². The van der Waals surface area contributed by atoms with Crippen molar-refractivity contribution in [2.75, 3.05) is 0 Å². The van der Waals surface area contributed by atoms with E-state index < -0.39 is 11.7 Å². The van der Waals surface area contributed by atoms with Crippen LogP contribution in [-0.4, -0.2) is 4.98 Å². The highest BCUT2D eigenvalue weighted by Crippen LogP contribution is 2.29. The molecule has 5 heteroatoms. The smallest absolute Gasteiger partial charge is 0.323 e. The van der Waals surface area contributed by atoms with E-state index in [-0.39, 0.29) is 6.04 Å². The average molecular weight is 246 g/mol. The van der Waals surface area contributed by atoms with Gasteiger partial charge in [0.15, 0.2) is 0 Å². The van der Waals surface area contributed by atoms with Crippen LogP contribution in [0.3, 0.4) is 0 Å². The van der Waals surface area contributed by atoms with Gasteiger partial charge in [-0.05, 0) is 24.5 Å². The van der Waals surface area contributed by atoms with Gasteiger partial charge in [0.2, 0.25) is 0 Å². The summed E-state index contributed by atoms with van der Waals surface area (Å²) < 4.78 is 36.9. The first kappa shape index (κ1) is 14.0. The fourth-order valence-electron chi connectivity index (χ4n) is 1.51. The molecule has 0 aliphatic carbocycles. The van der Waals surface area contributed by atoms with Crippen molar-refractivity contribution in [2.45, 2.75) is 38.9 Å². The van der Waals surface area contributed by atoms with E-state index in [0.717, 1.165) is 25.1 Å². The highest BCUT2D eigenvalue weighted by atomic mass is 19.4. The molecule has 1 aromatic heterocycles. The monoisotopic (exact) mass is 246 g/mol. The molecule has 2 atom stereocenters. The minimum absolute atomic E-state index is 0.299. The Balaban J connectivity index is 2.74. The van der Waals surface area contributed by atoms with Crippen LogP contribution >= 0.6 is 0 Å². The summed E-state index contributed by atoms with van der Waals surface area (Å²) in [4.78, 5) is 3.79. The van der Waals surface area contributed by atoms with Gasteiger partial charge in [0, 0.05) is 12.2 Å². The van der Waals surface area contributed by atoms with E-state index in [9.17, 15) is 13.2 Å². The zero-order chi connectivity index (χ0) is 13.1. The number of pyridine rings is 1. The second-order valence-corrected chi connectivity index (χ2v) is 4.33. The average Bonchev–Trinajstić information content (AvgIpc) is 2.27. The summed E-state index contributed by atoms with van der Waals surface area (Å²) in [5.41, 5.74) is 5.66. The molecule has 2 nitrogen and oxygen atoms in total. The maximum Gasteiger partial charge on any atom is 0.417 e. The maximum absolute atomic E-state index is 12.3. The first-order valence-corrected chi connectivity index (χ1v) is 5.63. The molecule has 0 aliphatic rings. The Morgan fingerprint density at radius 1 is 1.35 bits per heavy atom. The Morgan fingerprint density at radius 3 is 2.41 bits per heavy atom. The molecule has 1 rings (SSSR count). The number of alkyl halides is 3. The summed E-state index contributed by atoms with van der Waals surface area (Å²) in [5.74, 6) is 0.439. The first-order chi connectivity index (χ1) is 7.84. The highest BCUT2D eigenvalue weighted by molar-refractivity contribution is 5.18. The summed E-state index contributed by atoms with van der Waals surface area (Å²) in [6.07, 6.45) is -1.78. The van der Waals surface area contributed by atoms with Gasteiger partial charge in [0.05, 0.1) is 11.3 Å². The fourth-order valence-corrected chi connectivity index (χ4v) is 1.51. The van der Waals surface area contributed by atoms with Gasteiger partial charge in [-0.25, -0.2) is 0 Å². The van der Waals surface area contributed by atoms with E-state index in [1.165, 1.54) is 6.07 Å². The Morgan fingerprint density at radius 2 is 2.00 bits per heavy atom. The van der Waals surface area contributed by atoms with Gasteiger partial charge in [0.25, 0.3) is 0 Å². The van der Waals surface area contributed by atoms with Gasteiger partial charge in [-0.3, -0.25) is 4.98 Å². The Hall–Kier alpha value is -1.10. The van der Waals surface area contributed by atoms with E-state index in [1.54, 1.807) is 0 Å². The minimum atomic E-state index is -4.34. The lowest BCUT2D eigenvalue weighted by atomic mass is 9.97. The summed E-state index contributed by atoms with van der Waals surface area (Å²) >= 11 is 0. The van der Waals surface area contributed by atoms with Crippen molar-refractivity contribution in [1.29, 1.82) is 0 Å². The molecule has 0 saturated carbocycles. The van der Waals surface area contributed by atoms with Crippen molar-refractivity contribution in [3.8, 4) is 0 Å². The predicted octanol–water partition coefficient (Wildman–Crippen LogP) is 3.54. The summed E-state index contributed by atoms with van der Waals surface area (Å²) in [5, 5.41) is 0. The predicted molar refractivity (Wildman–Crippen MR) is 60.2 cm³/mol. The lowest BCUT2D eigenvalue weighted by Gasteiger charge is -2.16. The van der Waals surface area contributed by atoms with Gasteiger partial charge in [-0.1, -0.05) is 20.3 Å². The van der Waals surface area contributed by atoms with Crippen LogP contribution < -0.4 is 5.73 Å². The second-order valence-electron chi connectivity index (χ2n) is 4.33. The molecule has 2 unspecified atom stereocenters. The molecular formula is C12H17F3N2. The molecule has 0 aliphatic heterocycles. The van der Waals surface area contributed by atoms with E-state index in [2.05, 4.69) is 18.8 Å². The molecule has 1 aromatic rings. The SMILES string of the molecule is CCC(C)CC(N)c1ccc(C(F)(F)F)cn1. The van der Waals surface area contributed by atoms with E-state index >= 15 is 0 Å². The Labute approximate surface area is 99.0 Å². The van der Waals surface area contributed by atoms with Gasteiger partial charge >= 0.3 is 6.18 Å². The Bertz CT molecular complexity index is 346. The topological polar surface area (TPSA) is 38.9 Å². The van der Waals surface area contributed by atoms with Crippen molar-refractivity contribution in [1.82, 2.24) is 4.98 Å². The minimum Gasteiger partial charge on any atom is -0.323 e. The number of hydrogen-bond donors (Lipinski definition) is 1. The van der Waals surface area contributed by atoms with E-state index in [4.69, 9.17) is 5.73 Å². The third-order valence-corrected chi connectivity index (χ3v) is 2.85. The van der Waals surface area contributed by atoms with Gasteiger partial charge in [-0.2, -0.15) is 13.2 Å². The fraction of sp³-hybridized carbons (Fsp3) is 0.583. The maximum atomic E-state index is 12.3. The number of aromatic nitrogens is 1. The largest absolute Gasteiger partial charge is 0.417 e. The van der Waals surface area contributed by atoms with Crippen molar-refractivity contribution in [3.05, 3.63) is 29.6 Å². The van der Waals surface area contributed by atoms with Crippen LogP contribution in [0.1, 0.15) is 44.0 Å². The molecule has 1 heterocycles. The summed E-state index contributed by atoms with van der Waals surface area (Å²) in [6.45, 7) is 4.11. The highest BCUT2D eigenvalue weighted by Gasteiger charge is 2.30. The quantitative estimate of drug-likeness (QED) is 0.882. The van der Waals surface area contributed by atoms with Gasteiger partial charge in [0.1, 0.15) is 0 Å². The third-order valence-electron chi connectivity index (χ3n) is 2.85. The van der Waals surface area contributed by atoms with E-state index in [0.29, 0.717) is 11.6 Å². The molecule has 0 saturated heterocycles. The first-order valence-electron chi connectivity index (χ1n) is 5.63. The zero-order valence-corrected chi connectivity index (χ0v) is 9.96. The van der Waals surface area contributed by atoms with Crippen molar-refractivity contribution in [3.63, 3.8) is 0 Å². The van der Waals surface area contributed by atoms with Crippen molar-refractivity contribution >= 4 is 0 Å². The number of hydrogen-bond acceptors (Lipinski definition) is 2. The lowest BCUT2D eigenvalue weighted by Crippen LogP contribution is -2.16. The molecule has 0 radical (unpaired) electrons. The molecule has 0 fully saturated rings. The molecule has 2 N–H and O–H groups in total. The number of nitrogens with two attached hydrogens (primary N) is 1. The standard InChI is InChI=1S/C12H17F3N2/c1-3-8(2)6-10(16)11-5-4-9(7-17-11)12(13,14)15/h4-5,7-8,10H,3,6,16H2,1-2H3. The summed E-state index contributed by atoms with van der Waals surface area (Å²) in [6, 6.07) is 2.08. The third kappa shape index (κ3) is 4.00. The normalized spacial score (nSPS) is 15.6. The number of rotatable bonds is 4.